The van der Waals surface area contributed by atoms with Gasteiger partial charge in [-0.25, -0.2) is 12.8 Å². The number of benzene rings is 2. The summed E-state index contributed by atoms with van der Waals surface area (Å²) in [5, 5.41) is 0.574. The van der Waals surface area contributed by atoms with Crippen LogP contribution < -0.4 is 4.74 Å². The second-order valence-corrected chi connectivity index (χ2v) is 8.77. The van der Waals surface area contributed by atoms with Gasteiger partial charge in [-0.05, 0) is 55.5 Å². The first-order valence-corrected chi connectivity index (χ1v) is 10.6. The van der Waals surface area contributed by atoms with E-state index in [0.29, 0.717) is 10.8 Å². The summed E-state index contributed by atoms with van der Waals surface area (Å²) < 4.78 is 45.3. The number of hydrogen-bond donors (Lipinski definition) is 0. The van der Waals surface area contributed by atoms with E-state index < -0.39 is 21.9 Å². The Morgan fingerprint density at radius 2 is 1.61 bits per heavy atom. The zero-order chi connectivity index (χ0) is 20.3. The Bertz CT molecular complexity index is 927. The fourth-order valence-electron chi connectivity index (χ4n) is 2.93. The largest absolute Gasteiger partial charge is 0.481 e. The molecule has 1 amide bonds. The molecule has 150 valence electrons. The standard InChI is InChI=1S/C19H20ClFN2O4S/c1-14(27-17-6-2-15(20)3-7-17)19(24)22-10-12-23(13-11-22)28(25,26)18-8-4-16(21)5-9-18/h2-9,14H,10-13H2,1H3/t14-/m1/s1. The molecule has 28 heavy (non-hydrogen) atoms. The molecule has 3 rings (SSSR count). The van der Waals surface area contributed by atoms with Gasteiger partial charge in [0.25, 0.3) is 5.91 Å². The van der Waals surface area contributed by atoms with Crippen LogP contribution in [0.4, 0.5) is 4.39 Å². The first kappa shape index (κ1) is 20.6. The fourth-order valence-corrected chi connectivity index (χ4v) is 4.48. The van der Waals surface area contributed by atoms with E-state index in [0.717, 1.165) is 12.1 Å². The zero-order valence-corrected chi connectivity index (χ0v) is 16.8. The average molecular weight is 427 g/mol. The highest BCUT2D eigenvalue weighted by Gasteiger charge is 2.32. The van der Waals surface area contributed by atoms with Gasteiger partial charge in [0, 0.05) is 31.2 Å². The van der Waals surface area contributed by atoms with Crippen LogP contribution >= 0.6 is 11.6 Å². The van der Waals surface area contributed by atoms with Crippen molar-refractivity contribution in [2.75, 3.05) is 26.2 Å². The molecule has 1 atom stereocenters. The van der Waals surface area contributed by atoms with Gasteiger partial charge in [0.2, 0.25) is 10.0 Å². The van der Waals surface area contributed by atoms with Crippen LogP contribution in [0.5, 0.6) is 5.75 Å². The third kappa shape index (κ3) is 4.63. The van der Waals surface area contributed by atoms with E-state index in [4.69, 9.17) is 16.3 Å². The van der Waals surface area contributed by atoms with Crippen LogP contribution in [0.1, 0.15) is 6.92 Å². The number of sulfonamides is 1. The van der Waals surface area contributed by atoms with Crippen LogP contribution in [-0.2, 0) is 14.8 Å². The maximum Gasteiger partial charge on any atom is 0.263 e. The average Bonchev–Trinajstić information content (AvgIpc) is 2.69. The minimum atomic E-state index is -3.72. The maximum absolute atomic E-state index is 13.0. The van der Waals surface area contributed by atoms with Gasteiger partial charge in [-0.15, -0.1) is 0 Å². The van der Waals surface area contributed by atoms with Crippen molar-refractivity contribution >= 4 is 27.5 Å². The number of carbonyl (C=O) groups excluding carboxylic acids is 1. The van der Waals surface area contributed by atoms with Crippen LogP contribution in [-0.4, -0.2) is 55.8 Å². The third-order valence-electron chi connectivity index (χ3n) is 4.48. The third-order valence-corrected chi connectivity index (χ3v) is 6.64. The number of rotatable bonds is 5. The lowest BCUT2D eigenvalue weighted by Gasteiger charge is -2.35. The van der Waals surface area contributed by atoms with Crippen molar-refractivity contribution in [1.29, 1.82) is 0 Å². The molecular weight excluding hydrogens is 407 g/mol. The van der Waals surface area contributed by atoms with E-state index in [-0.39, 0.29) is 37.0 Å². The monoisotopic (exact) mass is 426 g/mol. The van der Waals surface area contributed by atoms with Crippen LogP contribution in [0, 0.1) is 5.82 Å². The Morgan fingerprint density at radius 3 is 2.18 bits per heavy atom. The lowest BCUT2D eigenvalue weighted by atomic mass is 10.2. The Hall–Kier alpha value is -2.16. The quantitative estimate of drug-likeness (QED) is 0.737. The predicted molar refractivity (Wildman–Crippen MR) is 103 cm³/mol. The number of halogens is 2. The number of piperazine rings is 1. The van der Waals surface area contributed by atoms with Gasteiger partial charge in [-0.2, -0.15) is 4.31 Å². The number of hydrogen-bond acceptors (Lipinski definition) is 4. The van der Waals surface area contributed by atoms with Crippen molar-refractivity contribution in [3.05, 3.63) is 59.4 Å². The zero-order valence-electron chi connectivity index (χ0n) is 15.2. The molecule has 1 aliphatic heterocycles. The van der Waals surface area contributed by atoms with Crippen LogP contribution in [0.25, 0.3) is 0 Å². The second kappa shape index (κ2) is 8.46. The summed E-state index contributed by atoms with van der Waals surface area (Å²) in [7, 11) is -3.72. The topological polar surface area (TPSA) is 66.9 Å². The number of carbonyl (C=O) groups is 1. The summed E-state index contributed by atoms with van der Waals surface area (Å²) in [5.41, 5.74) is 0. The summed E-state index contributed by atoms with van der Waals surface area (Å²) in [6, 6.07) is 11.4. The van der Waals surface area contributed by atoms with Gasteiger partial charge >= 0.3 is 0 Å². The van der Waals surface area contributed by atoms with E-state index >= 15 is 0 Å². The van der Waals surface area contributed by atoms with Crippen LogP contribution in [0.15, 0.2) is 53.4 Å². The molecule has 0 aliphatic carbocycles. The normalized spacial score (nSPS) is 16.6. The lowest BCUT2D eigenvalue weighted by Crippen LogP contribution is -2.53. The van der Waals surface area contributed by atoms with Gasteiger partial charge in [0.05, 0.1) is 4.90 Å². The Kier molecular flexibility index (Phi) is 6.22. The highest BCUT2D eigenvalue weighted by Crippen LogP contribution is 2.20. The predicted octanol–water partition coefficient (Wildman–Crippen LogP) is 2.78. The molecule has 0 aromatic heterocycles. The van der Waals surface area contributed by atoms with Crippen molar-refractivity contribution in [3.63, 3.8) is 0 Å². The molecule has 1 aliphatic rings. The molecule has 1 saturated heterocycles. The SMILES string of the molecule is C[C@@H](Oc1ccc(Cl)cc1)C(=O)N1CCN(S(=O)(=O)c2ccc(F)cc2)CC1. The molecular formula is C19H20ClFN2O4S. The first-order valence-electron chi connectivity index (χ1n) is 8.74. The molecule has 1 fully saturated rings. The second-order valence-electron chi connectivity index (χ2n) is 6.40. The fraction of sp³-hybridized carbons (Fsp3) is 0.316. The molecule has 0 N–H and O–H groups in total. The minimum Gasteiger partial charge on any atom is -0.481 e. The van der Waals surface area contributed by atoms with Gasteiger partial charge in [-0.1, -0.05) is 11.6 Å². The van der Waals surface area contributed by atoms with Crippen molar-refractivity contribution in [2.45, 2.75) is 17.9 Å². The molecule has 0 spiro atoms. The minimum absolute atomic E-state index is 0.0353. The summed E-state index contributed by atoms with van der Waals surface area (Å²) in [4.78, 5) is 14.2. The molecule has 2 aromatic rings. The molecule has 1 heterocycles. The molecule has 2 aromatic carbocycles. The molecule has 0 bridgehead atoms. The Morgan fingerprint density at radius 1 is 1.04 bits per heavy atom. The molecule has 0 unspecified atom stereocenters. The highest BCUT2D eigenvalue weighted by atomic mass is 35.5. The maximum atomic E-state index is 13.0. The van der Waals surface area contributed by atoms with Crippen molar-refractivity contribution in [2.24, 2.45) is 0 Å². The molecule has 0 radical (unpaired) electrons. The molecule has 6 nitrogen and oxygen atoms in total. The van der Waals surface area contributed by atoms with Crippen molar-refractivity contribution in [3.8, 4) is 5.75 Å². The van der Waals surface area contributed by atoms with Gasteiger partial charge in [0.1, 0.15) is 11.6 Å². The molecule has 9 heteroatoms. The summed E-state index contributed by atoms with van der Waals surface area (Å²) in [5.74, 6) is -0.180. The van der Waals surface area contributed by atoms with Crippen molar-refractivity contribution < 1.29 is 22.3 Å². The van der Waals surface area contributed by atoms with E-state index in [2.05, 4.69) is 0 Å². The first-order chi connectivity index (χ1) is 13.3. The van der Waals surface area contributed by atoms with Gasteiger partial charge in [0.15, 0.2) is 6.10 Å². The van der Waals surface area contributed by atoms with Crippen LogP contribution in [0.3, 0.4) is 0 Å². The lowest BCUT2D eigenvalue weighted by molar-refractivity contribution is -0.139. The Labute approximate surface area is 168 Å². The number of nitrogens with zero attached hydrogens (tertiary/aromatic N) is 2. The smallest absolute Gasteiger partial charge is 0.263 e. The summed E-state index contributed by atoms with van der Waals surface area (Å²) in [6.07, 6.45) is -0.707. The molecule has 0 saturated carbocycles. The number of amides is 1. The van der Waals surface area contributed by atoms with Crippen LogP contribution in [0.2, 0.25) is 5.02 Å². The van der Waals surface area contributed by atoms with Crippen molar-refractivity contribution in [1.82, 2.24) is 9.21 Å². The van der Waals surface area contributed by atoms with Gasteiger partial charge < -0.3 is 9.64 Å². The summed E-state index contributed by atoms with van der Waals surface area (Å²) in [6.45, 7) is 2.50. The van der Waals surface area contributed by atoms with E-state index in [1.165, 1.54) is 16.4 Å². The van der Waals surface area contributed by atoms with Gasteiger partial charge in [-0.3, -0.25) is 4.79 Å². The number of ether oxygens (including phenoxy) is 1. The van der Waals surface area contributed by atoms with E-state index in [1.807, 2.05) is 0 Å². The summed E-state index contributed by atoms with van der Waals surface area (Å²) >= 11 is 5.83. The Balaban J connectivity index is 1.58. The van der Waals surface area contributed by atoms with E-state index in [1.54, 1.807) is 36.1 Å². The van der Waals surface area contributed by atoms with E-state index in [9.17, 15) is 17.6 Å². The highest BCUT2D eigenvalue weighted by molar-refractivity contribution is 7.89.